The summed E-state index contributed by atoms with van der Waals surface area (Å²) in [7, 11) is 0. The van der Waals surface area contributed by atoms with Gasteiger partial charge in [-0.15, -0.1) is 0 Å². The first-order chi connectivity index (χ1) is 4.54. The zero-order valence-electron chi connectivity index (χ0n) is 5.82. The minimum Gasteiger partial charge on any atom is -0.295 e. The van der Waals surface area contributed by atoms with E-state index >= 15 is 0 Å². The number of hydrogen-bond acceptors (Lipinski definition) is 1. The lowest BCUT2D eigenvalue weighted by Crippen LogP contribution is -1.89. The first-order valence-electron chi connectivity index (χ1n) is 2.74. The lowest BCUT2D eigenvalue weighted by molar-refractivity contribution is -0.113. The second kappa shape index (κ2) is 4.53. The Balaban J connectivity index is 4.19. The van der Waals surface area contributed by atoms with Gasteiger partial charge in [-0.1, -0.05) is 29.3 Å². The summed E-state index contributed by atoms with van der Waals surface area (Å²) in [6.07, 6.45) is 3.05. The smallest absolute Gasteiger partial charge is 0.155 e. The summed E-state index contributed by atoms with van der Waals surface area (Å²) in [4.78, 5) is 10.6. The van der Waals surface area contributed by atoms with Crippen LogP contribution in [-0.4, -0.2) is 5.78 Å². The van der Waals surface area contributed by atoms with Crippen molar-refractivity contribution in [2.75, 3.05) is 0 Å². The van der Waals surface area contributed by atoms with Crippen molar-refractivity contribution in [1.29, 1.82) is 0 Å². The Bertz CT molecular complexity index is 188. The average molecular weight is 179 g/mol. The van der Waals surface area contributed by atoms with Crippen molar-refractivity contribution in [3.05, 3.63) is 22.2 Å². The van der Waals surface area contributed by atoms with Crippen molar-refractivity contribution in [1.82, 2.24) is 0 Å². The van der Waals surface area contributed by atoms with Crippen LogP contribution in [0.1, 0.15) is 13.8 Å². The SMILES string of the molecule is CC(=O)C(C)=CC=C(Cl)Cl. The van der Waals surface area contributed by atoms with Gasteiger partial charge in [0.1, 0.15) is 4.49 Å². The third-order valence-corrected chi connectivity index (χ3v) is 1.27. The Morgan fingerprint density at radius 3 is 2.00 bits per heavy atom. The number of allylic oxidation sites excluding steroid dienone is 3. The Hall–Kier alpha value is -0.270. The molecule has 1 nitrogen and oxygen atoms in total. The highest BCUT2D eigenvalue weighted by atomic mass is 35.5. The van der Waals surface area contributed by atoms with Gasteiger partial charge in [-0.2, -0.15) is 0 Å². The highest BCUT2D eigenvalue weighted by molar-refractivity contribution is 6.56. The van der Waals surface area contributed by atoms with Crippen LogP contribution in [0.15, 0.2) is 22.2 Å². The molecule has 0 saturated carbocycles. The molecule has 0 heterocycles. The molecule has 0 saturated heterocycles. The minimum atomic E-state index is 0.0193. The molecule has 0 rings (SSSR count). The summed E-state index contributed by atoms with van der Waals surface area (Å²) in [5.41, 5.74) is 0.638. The number of rotatable bonds is 2. The zero-order chi connectivity index (χ0) is 8.15. The molecule has 0 bridgehead atoms. The molecule has 0 aromatic carbocycles. The van der Waals surface area contributed by atoms with E-state index in [1.807, 2.05) is 0 Å². The number of carbonyl (C=O) groups is 1. The minimum absolute atomic E-state index is 0.0193. The van der Waals surface area contributed by atoms with Crippen LogP contribution in [0.5, 0.6) is 0 Å². The first kappa shape index (κ1) is 9.73. The fraction of sp³-hybridized carbons (Fsp3) is 0.286. The van der Waals surface area contributed by atoms with E-state index in [0.29, 0.717) is 5.57 Å². The Kier molecular flexibility index (Phi) is 4.41. The van der Waals surface area contributed by atoms with Crippen molar-refractivity contribution < 1.29 is 4.79 Å². The van der Waals surface area contributed by atoms with E-state index in [1.54, 1.807) is 13.0 Å². The van der Waals surface area contributed by atoms with Gasteiger partial charge in [0, 0.05) is 0 Å². The van der Waals surface area contributed by atoms with Gasteiger partial charge in [-0.05, 0) is 25.5 Å². The largest absolute Gasteiger partial charge is 0.295 e. The highest BCUT2D eigenvalue weighted by Crippen LogP contribution is 2.07. The van der Waals surface area contributed by atoms with Crippen LogP contribution < -0.4 is 0 Å². The van der Waals surface area contributed by atoms with Crippen LogP contribution in [-0.2, 0) is 4.79 Å². The predicted molar refractivity (Wildman–Crippen MR) is 44.2 cm³/mol. The molecule has 0 atom stereocenters. The van der Waals surface area contributed by atoms with Gasteiger partial charge in [0.05, 0.1) is 0 Å². The third kappa shape index (κ3) is 4.59. The Morgan fingerprint density at radius 2 is 1.70 bits per heavy atom. The maximum Gasteiger partial charge on any atom is 0.155 e. The molecule has 56 valence electrons. The topological polar surface area (TPSA) is 17.1 Å². The molecular weight excluding hydrogens is 171 g/mol. The van der Waals surface area contributed by atoms with Crippen LogP contribution >= 0.6 is 23.2 Å². The van der Waals surface area contributed by atoms with E-state index in [0.717, 1.165) is 0 Å². The van der Waals surface area contributed by atoms with E-state index in [2.05, 4.69) is 0 Å². The second-order valence-corrected chi connectivity index (χ2v) is 2.87. The van der Waals surface area contributed by atoms with Crippen LogP contribution in [0.3, 0.4) is 0 Å². The molecule has 10 heavy (non-hydrogen) atoms. The summed E-state index contributed by atoms with van der Waals surface area (Å²) in [5.74, 6) is 0.0193. The lowest BCUT2D eigenvalue weighted by atomic mass is 10.2. The van der Waals surface area contributed by atoms with Crippen LogP contribution in [0.25, 0.3) is 0 Å². The van der Waals surface area contributed by atoms with E-state index < -0.39 is 0 Å². The molecule has 0 aliphatic heterocycles. The molecular formula is C7H8Cl2O. The van der Waals surface area contributed by atoms with Crippen molar-refractivity contribution in [3.63, 3.8) is 0 Å². The highest BCUT2D eigenvalue weighted by Gasteiger charge is 1.92. The normalized spacial score (nSPS) is 11.0. The molecule has 0 aromatic rings. The summed E-state index contributed by atoms with van der Waals surface area (Å²) in [6, 6.07) is 0. The molecule has 0 aliphatic carbocycles. The second-order valence-electron chi connectivity index (χ2n) is 1.86. The maximum atomic E-state index is 10.6. The van der Waals surface area contributed by atoms with Crippen LogP contribution in [0.2, 0.25) is 0 Å². The molecule has 0 fully saturated rings. The Morgan fingerprint density at radius 1 is 1.20 bits per heavy atom. The summed E-state index contributed by atoms with van der Waals surface area (Å²) < 4.78 is 0.153. The predicted octanol–water partition coefficient (Wildman–Crippen LogP) is 2.84. The number of Topliss-reactive ketones (excluding diaryl/α,β-unsaturated/α-hetero) is 1. The van der Waals surface area contributed by atoms with Crippen LogP contribution in [0.4, 0.5) is 0 Å². The molecule has 0 amide bonds. The lowest BCUT2D eigenvalue weighted by Gasteiger charge is -1.88. The first-order valence-corrected chi connectivity index (χ1v) is 3.50. The van der Waals surface area contributed by atoms with Gasteiger partial charge in [0.25, 0.3) is 0 Å². The molecule has 3 heteroatoms. The van der Waals surface area contributed by atoms with Crippen molar-refractivity contribution in [2.24, 2.45) is 0 Å². The van der Waals surface area contributed by atoms with Gasteiger partial charge in [-0.25, -0.2) is 0 Å². The molecule has 0 N–H and O–H groups in total. The Labute approximate surface area is 70.3 Å². The standard InChI is InChI=1S/C7H8Cl2O/c1-5(6(2)10)3-4-7(8)9/h3-4H,1-2H3. The quantitative estimate of drug-likeness (QED) is 0.470. The molecule has 0 aliphatic rings. The van der Waals surface area contributed by atoms with Gasteiger partial charge in [-0.3, -0.25) is 4.79 Å². The maximum absolute atomic E-state index is 10.6. The van der Waals surface area contributed by atoms with Gasteiger partial charge in [0.2, 0.25) is 0 Å². The number of ketones is 1. The number of halogens is 2. The fourth-order valence-corrected chi connectivity index (χ4v) is 0.431. The van der Waals surface area contributed by atoms with Crippen molar-refractivity contribution >= 4 is 29.0 Å². The van der Waals surface area contributed by atoms with E-state index in [-0.39, 0.29) is 10.3 Å². The van der Waals surface area contributed by atoms with Gasteiger partial charge >= 0.3 is 0 Å². The summed E-state index contributed by atoms with van der Waals surface area (Å²) in [6.45, 7) is 3.19. The summed E-state index contributed by atoms with van der Waals surface area (Å²) >= 11 is 10.6. The molecule has 0 radical (unpaired) electrons. The van der Waals surface area contributed by atoms with Crippen LogP contribution in [0, 0.1) is 0 Å². The summed E-state index contributed by atoms with van der Waals surface area (Å²) in [5, 5.41) is 0. The van der Waals surface area contributed by atoms with E-state index in [4.69, 9.17) is 23.2 Å². The van der Waals surface area contributed by atoms with Gasteiger partial charge in [0.15, 0.2) is 5.78 Å². The monoisotopic (exact) mass is 178 g/mol. The number of carbonyl (C=O) groups excluding carboxylic acids is 1. The third-order valence-electron chi connectivity index (χ3n) is 1.01. The molecule has 0 spiro atoms. The van der Waals surface area contributed by atoms with Crippen molar-refractivity contribution in [2.45, 2.75) is 13.8 Å². The fourth-order valence-electron chi connectivity index (χ4n) is 0.305. The molecule has 0 aromatic heterocycles. The number of hydrogen-bond donors (Lipinski definition) is 0. The average Bonchev–Trinajstić information content (AvgIpc) is 1.82. The van der Waals surface area contributed by atoms with Crippen molar-refractivity contribution in [3.8, 4) is 0 Å². The zero-order valence-corrected chi connectivity index (χ0v) is 7.33. The van der Waals surface area contributed by atoms with E-state index in [1.165, 1.54) is 13.0 Å². The molecule has 0 unspecified atom stereocenters. The van der Waals surface area contributed by atoms with Gasteiger partial charge < -0.3 is 0 Å². The van der Waals surface area contributed by atoms with E-state index in [9.17, 15) is 4.79 Å².